The molecule has 0 aliphatic carbocycles. The molecular weight excluding hydrogens is 524 g/mol. The number of sulfone groups is 1. The lowest BCUT2D eigenvalue weighted by Gasteiger charge is -2.32. The molecule has 1 atom stereocenters. The zero-order valence-corrected chi connectivity index (χ0v) is 30.1. The van der Waals surface area contributed by atoms with Crippen molar-refractivity contribution in [3.63, 3.8) is 0 Å². The quantitative estimate of drug-likeness (QED) is 0.352. The lowest BCUT2D eigenvalue weighted by molar-refractivity contribution is -0.145. The summed E-state index contributed by atoms with van der Waals surface area (Å²) in [7, 11) is -2.93. The van der Waals surface area contributed by atoms with Crippen LogP contribution in [0.3, 0.4) is 0 Å². The Morgan fingerprint density at radius 1 is 0.775 bits per heavy atom. The van der Waals surface area contributed by atoms with Crippen LogP contribution in [-0.4, -0.2) is 52.6 Å². The largest absolute Gasteiger partial charge is 0.351 e. The van der Waals surface area contributed by atoms with E-state index in [9.17, 15) is 22.8 Å². The smallest absolute Gasteiger partial charge is 0.233 e. The summed E-state index contributed by atoms with van der Waals surface area (Å²) in [6, 6.07) is 0. The maximum absolute atomic E-state index is 12.1. The van der Waals surface area contributed by atoms with Gasteiger partial charge in [0.1, 0.15) is 0 Å². The Labute approximate surface area is 247 Å². The Balaban J connectivity index is 0. The van der Waals surface area contributed by atoms with Gasteiger partial charge in [-0.25, -0.2) is 8.42 Å². The fourth-order valence-corrected chi connectivity index (χ4v) is 5.20. The van der Waals surface area contributed by atoms with E-state index in [0.29, 0.717) is 18.6 Å². The monoisotopic (exact) mass is 588 g/mol. The van der Waals surface area contributed by atoms with E-state index in [1.807, 2.05) is 62.3 Å². The van der Waals surface area contributed by atoms with Gasteiger partial charge in [0.2, 0.25) is 17.7 Å². The van der Waals surface area contributed by atoms with Gasteiger partial charge in [0.15, 0.2) is 9.84 Å². The van der Waals surface area contributed by atoms with Gasteiger partial charge >= 0.3 is 0 Å². The van der Waals surface area contributed by atoms with E-state index in [4.69, 9.17) is 0 Å². The Morgan fingerprint density at radius 2 is 1.20 bits per heavy atom. The Bertz CT molecular complexity index is 938. The summed E-state index contributed by atoms with van der Waals surface area (Å²) in [5.41, 5.74) is -0.461. The zero-order valence-electron chi connectivity index (χ0n) is 29.3. The van der Waals surface area contributed by atoms with Gasteiger partial charge in [-0.1, -0.05) is 62.3 Å². The fourth-order valence-electron chi connectivity index (χ4n) is 3.70. The third kappa shape index (κ3) is 16.7. The number of nitrogens with one attached hydrogen (secondary N) is 1. The molecule has 0 aromatic rings. The number of likely N-dealkylation sites (tertiary alicyclic amines) is 1. The molecule has 1 saturated heterocycles. The highest BCUT2D eigenvalue weighted by Crippen LogP contribution is 2.38. The lowest BCUT2D eigenvalue weighted by atomic mass is 9.80. The third-order valence-electron chi connectivity index (χ3n) is 6.12. The van der Waals surface area contributed by atoms with E-state index in [0.717, 1.165) is 6.42 Å². The first kappa shape index (κ1) is 40.7. The molecule has 7 nitrogen and oxygen atoms in total. The minimum absolute atomic E-state index is 0.0139. The number of imide groups is 1. The molecule has 238 valence electrons. The minimum Gasteiger partial charge on any atom is -0.351 e. The number of rotatable bonds is 3. The Hall–Kier alpha value is -1.44. The highest BCUT2D eigenvalue weighted by atomic mass is 32.2. The second-order valence-corrected chi connectivity index (χ2v) is 20.5. The average molecular weight is 589 g/mol. The molecule has 0 spiro atoms. The van der Waals surface area contributed by atoms with Gasteiger partial charge in [0.05, 0.1) is 16.4 Å². The van der Waals surface area contributed by atoms with Crippen LogP contribution >= 0.6 is 0 Å². The number of nitrogens with zero attached hydrogens (tertiary/aromatic N) is 1. The van der Waals surface area contributed by atoms with Gasteiger partial charge in [0, 0.05) is 23.9 Å². The number of hydrogen-bond donors (Lipinski definition) is 1. The molecule has 3 amide bonds. The van der Waals surface area contributed by atoms with Crippen molar-refractivity contribution in [2.24, 2.45) is 22.2 Å². The van der Waals surface area contributed by atoms with Crippen LogP contribution in [0, 0.1) is 22.2 Å². The van der Waals surface area contributed by atoms with Crippen molar-refractivity contribution in [1.82, 2.24) is 10.2 Å². The van der Waals surface area contributed by atoms with E-state index in [1.165, 1.54) is 4.90 Å². The predicted molar refractivity (Wildman–Crippen MR) is 169 cm³/mol. The van der Waals surface area contributed by atoms with Gasteiger partial charge in [-0.05, 0) is 85.0 Å². The summed E-state index contributed by atoms with van der Waals surface area (Å²) >= 11 is 0. The molecule has 1 heterocycles. The van der Waals surface area contributed by atoms with Crippen molar-refractivity contribution < 1.29 is 22.8 Å². The van der Waals surface area contributed by atoms with E-state index < -0.39 is 20.1 Å². The van der Waals surface area contributed by atoms with E-state index >= 15 is 0 Å². The minimum atomic E-state index is -2.93. The summed E-state index contributed by atoms with van der Waals surface area (Å²) in [5.74, 6) is 0.214. The summed E-state index contributed by atoms with van der Waals surface area (Å²) < 4.78 is 22.8. The first-order chi connectivity index (χ1) is 17.1. The SMILES string of the molecule is CC(C)(C)C1CC(=O)N(C(C)(C)C)C1=O.CC(C)(C)CC(=O)NC(C)(C)C.CC(C)(C)CCS(=O)(=O)C(C)(C)C. The fraction of sp³-hybridized carbons (Fsp3) is 0.906. The number of amides is 3. The molecule has 0 bridgehead atoms. The molecule has 8 heteroatoms. The molecule has 1 fully saturated rings. The average Bonchev–Trinajstić information content (AvgIpc) is 2.91. The standard InChI is InChI=1S/C12H21NO2.C10H21NO.C10H22O2S/c1-11(2,3)8-7-9(14)13(10(8)15)12(4,5)6;1-9(2,3)7-8(12)11-10(4,5)6;1-9(2,3)7-8-13(11,12)10(4,5)6/h8H,7H2,1-6H3;7H2,1-6H3,(H,11,12);7-8H2,1-6H3. The number of carbonyl (C=O) groups is 3. The molecule has 1 aliphatic heterocycles. The molecule has 1 unspecified atom stereocenters. The van der Waals surface area contributed by atoms with E-state index in [1.54, 1.807) is 20.8 Å². The molecule has 0 saturated carbocycles. The summed E-state index contributed by atoms with van der Waals surface area (Å²) in [5, 5.41) is 2.94. The lowest BCUT2D eigenvalue weighted by Crippen LogP contribution is -2.46. The van der Waals surface area contributed by atoms with Crippen molar-refractivity contribution >= 4 is 27.6 Å². The van der Waals surface area contributed by atoms with Gasteiger partial charge in [-0.2, -0.15) is 0 Å². The van der Waals surface area contributed by atoms with Crippen LogP contribution in [0.15, 0.2) is 0 Å². The van der Waals surface area contributed by atoms with Gasteiger partial charge in [-0.3, -0.25) is 19.3 Å². The van der Waals surface area contributed by atoms with Crippen molar-refractivity contribution in [3.05, 3.63) is 0 Å². The van der Waals surface area contributed by atoms with Gasteiger partial charge in [-0.15, -0.1) is 0 Å². The van der Waals surface area contributed by atoms with Crippen LogP contribution in [0.4, 0.5) is 0 Å². The van der Waals surface area contributed by atoms with E-state index in [-0.39, 0.29) is 45.4 Å². The molecule has 0 aromatic heterocycles. The summed E-state index contributed by atoms with van der Waals surface area (Å²) in [4.78, 5) is 36.7. The molecule has 1 N–H and O–H groups in total. The summed E-state index contributed by atoms with van der Waals surface area (Å²) in [6.45, 7) is 35.3. The van der Waals surface area contributed by atoms with Gasteiger partial charge in [0.25, 0.3) is 0 Å². The van der Waals surface area contributed by atoms with Crippen molar-refractivity contribution in [2.45, 2.75) is 160 Å². The summed E-state index contributed by atoms with van der Waals surface area (Å²) in [6.07, 6.45) is 1.68. The first-order valence-corrected chi connectivity index (χ1v) is 16.2. The third-order valence-corrected chi connectivity index (χ3v) is 8.73. The molecule has 1 rings (SSSR count). The maximum atomic E-state index is 12.1. The van der Waals surface area contributed by atoms with Crippen LogP contribution in [0.5, 0.6) is 0 Å². The van der Waals surface area contributed by atoms with Crippen molar-refractivity contribution in [1.29, 1.82) is 0 Å². The Morgan fingerprint density at radius 3 is 1.43 bits per heavy atom. The molecular formula is C32H64N2O5S. The maximum Gasteiger partial charge on any atom is 0.233 e. The second-order valence-electron chi connectivity index (χ2n) is 17.6. The second kappa shape index (κ2) is 13.7. The van der Waals surface area contributed by atoms with Crippen LogP contribution in [0.1, 0.15) is 144 Å². The zero-order chi connectivity index (χ0) is 32.9. The van der Waals surface area contributed by atoms with Crippen LogP contribution in [0.2, 0.25) is 0 Å². The van der Waals surface area contributed by atoms with Crippen molar-refractivity contribution in [2.75, 3.05) is 5.75 Å². The molecule has 40 heavy (non-hydrogen) atoms. The van der Waals surface area contributed by atoms with Crippen LogP contribution in [0.25, 0.3) is 0 Å². The topological polar surface area (TPSA) is 101 Å². The Kier molecular flexibility index (Phi) is 13.9. The molecule has 1 aliphatic rings. The number of carbonyl (C=O) groups excluding carboxylic acids is 3. The van der Waals surface area contributed by atoms with Crippen molar-refractivity contribution in [3.8, 4) is 0 Å². The predicted octanol–water partition coefficient (Wildman–Crippen LogP) is 7.18. The van der Waals surface area contributed by atoms with E-state index in [2.05, 4.69) is 46.9 Å². The van der Waals surface area contributed by atoms with Crippen LogP contribution in [-0.2, 0) is 24.2 Å². The molecule has 0 radical (unpaired) electrons. The number of hydrogen-bond acceptors (Lipinski definition) is 5. The molecule has 0 aromatic carbocycles. The van der Waals surface area contributed by atoms with Gasteiger partial charge < -0.3 is 5.32 Å². The normalized spacial score (nSPS) is 17.6. The highest BCUT2D eigenvalue weighted by molar-refractivity contribution is 7.92. The highest BCUT2D eigenvalue weighted by Gasteiger charge is 2.48. The first-order valence-electron chi connectivity index (χ1n) is 14.5. The van der Waals surface area contributed by atoms with Crippen LogP contribution < -0.4 is 5.32 Å².